The molecule has 0 fully saturated rings. The predicted molar refractivity (Wildman–Crippen MR) is 103 cm³/mol. The summed E-state index contributed by atoms with van der Waals surface area (Å²) >= 11 is 0. The maximum Gasteiger partial charge on any atom is 0.339 e. The maximum absolute atomic E-state index is 13.1. The van der Waals surface area contributed by atoms with Crippen LogP contribution in [0.4, 0.5) is 10.1 Å². The molecule has 0 saturated heterocycles. The van der Waals surface area contributed by atoms with E-state index in [2.05, 4.69) is 10.3 Å². The second-order valence-corrected chi connectivity index (χ2v) is 6.81. The molecule has 0 bridgehead atoms. The number of nitrogens with one attached hydrogen (secondary N) is 1. The number of rotatable bonds is 5. The van der Waals surface area contributed by atoms with E-state index >= 15 is 0 Å². The summed E-state index contributed by atoms with van der Waals surface area (Å²) in [6.45, 7) is 3.43. The van der Waals surface area contributed by atoms with Crippen LogP contribution in [-0.4, -0.2) is 27.1 Å². The van der Waals surface area contributed by atoms with Gasteiger partial charge in [-0.05, 0) is 41.8 Å². The number of nitrogens with zero attached hydrogens (tertiary/aromatic N) is 1. The predicted octanol–water partition coefficient (Wildman–Crippen LogP) is 3.96. The minimum atomic E-state index is -1.32. The van der Waals surface area contributed by atoms with E-state index in [1.54, 1.807) is 32.0 Å². The third kappa shape index (κ3) is 3.93. The summed E-state index contributed by atoms with van der Waals surface area (Å²) < 4.78 is 13.1. The number of aromatic nitrogens is 1. The highest BCUT2D eigenvalue weighted by Crippen LogP contribution is 2.34. The zero-order valence-electron chi connectivity index (χ0n) is 15.4. The van der Waals surface area contributed by atoms with E-state index < -0.39 is 11.7 Å². The summed E-state index contributed by atoms with van der Waals surface area (Å²) in [4.78, 5) is 27.8. The van der Waals surface area contributed by atoms with Crippen molar-refractivity contribution in [3.8, 4) is 5.75 Å². The molecule has 1 aromatic heterocycles. The first kappa shape index (κ1) is 19.3. The minimum Gasteiger partial charge on any atom is -0.505 e. The Labute approximate surface area is 160 Å². The molecular formula is C21H19FN2O4. The van der Waals surface area contributed by atoms with Crippen LogP contribution in [0.5, 0.6) is 5.75 Å². The Morgan fingerprint density at radius 1 is 1.14 bits per heavy atom. The van der Waals surface area contributed by atoms with Crippen molar-refractivity contribution in [3.05, 3.63) is 65.1 Å². The van der Waals surface area contributed by atoms with Crippen molar-refractivity contribution >= 4 is 28.5 Å². The van der Waals surface area contributed by atoms with Crippen molar-refractivity contribution in [2.75, 3.05) is 5.32 Å². The molecule has 0 aliphatic carbocycles. The number of carboxylic acids is 1. The fourth-order valence-electron chi connectivity index (χ4n) is 2.80. The van der Waals surface area contributed by atoms with Gasteiger partial charge in [0.05, 0.1) is 5.69 Å². The first-order valence-corrected chi connectivity index (χ1v) is 8.69. The molecule has 1 amide bonds. The van der Waals surface area contributed by atoms with Crippen molar-refractivity contribution in [3.63, 3.8) is 0 Å². The SMILES string of the molecule is CC(C)C(=O)Nc1cc(C(=O)O)c(O)c2ncc(Cc3ccc(F)cc3)cc12. The highest BCUT2D eigenvalue weighted by atomic mass is 19.1. The Hall–Kier alpha value is -3.48. The number of carboxylic acid groups (broad SMARTS) is 1. The molecule has 3 N–H and O–H groups in total. The highest BCUT2D eigenvalue weighted by molar-refractivity contribution is 6.08. The molecule has 28 heavy (non-hydrogen) atoms. The lowest BCUT2D eigenvalue weighted by Gasteiger charge is -2.14. The van der Waals surface area contributed by atoms with E-state index in [4.69, 9.17) is 0 Å². The van der Waals surface area contributed by atoms with Crippen LogP contribution in [0.2, 0.25) is 0 Å². The normalized spacial score (nSPS) is 11.0. The quantitative estimate of drug-likeness (QED) is 0.580. The zero-order valence-corrected chi connectivity index (χ0v) is 15.4. The number of halogens is 1. The average Bonchev–Trinajstić information content (AvgIpc) is 2.65. The lowest BCUT2D eigenvalue weighted by Crippen LogP contribution is -2.18. The van der Waals surface area contributed by atoms with Gasteiger partial charge in [-0.1, -0.05) is 26.0 Å². The fraction of sp³-hybridized carbons (Fsp3) is 0.190. The summed E-state index contributed by atoms with van der Waals surface area (Å²) in [5.41, 5.74) is 1.63. The first-order valence-electron chi connectivity index (χ1n) is 8.69. The van der Waals surface area contributed by atoms with Gasteiger partial charge in [-0.25, -0.2) is 9.18 Å². The monoisotopic (exact) mass is 382 g/mol. The number of carbonyl (C=O) groups excluding carboxylic acids is 1. The van der Waals surface area contributed by atoms with Crippen LogP contribution >= 0.6 is 0 Å². The van der Waals surface area contributed by atoms with Gasteiger partial charge in [0.25, 0.3) is 0 Å². The molecule has 0 aliphatic heterocycles. The summed E-state index contributed by atoms with van der Waals surface area (Å²) in [5.74, 6) is -2.71. The third-order valence-electron chi connectivity index (χ3n) is 4.34. The van der Waals surface area contributed by atoms with Crippen LogP contribution in [0.3, 0.4) is 0 Å². The fourth-order valence-corrected chi connectivity index (χ4v) is 2.80. The van der Waals surface area contributed by atoms with E-state index in [-0.39, 0.29) is 34.4 Å². The molecule has 0 aliphatic rings. The number of hydrogen-bond acceptors (Lipinski definition) is 4. The topological polar surface area (TPSA) is 99.5 Å². The Bertz CT molecular complexity index is 1060. The van der Waals surface area contributed by atoms with Gasteiger partial charge in [-0.3, -0.25) is 9.78 Å². The van der Waals surface area contributed by atoms with Crippen LogP contribution < -0.4 is 5.32 Å². The Kier molecular flexibility index (Phi) is 5.26. The Morgan fingerprint density at radius 2 is 1.82 bits per heavy atom. The van der Waals surface area contributed by atoms with Crippen molar-refractivity contribution in [2.24, 2.45) is 5.92 Å². The number of pyridine rings is 1. The van der Waals surface area contributed by atoms with Crippen molar-refractivity contribution in [2.45, 2.75) is 20.3 Å². The number of phenols is 1. The smallest absolute Gasteiger partial charge is 0.339 e. The van der Waals surface area contributed by atoms with Gasteiger partial charge in [0.15, 0.2) is 5.75 Å². The molecule has 3 rings (SSSR count). The standard InChI is InChI=1S/C21H19FN2O4/c1-11(2)20(26)24-17-9-16(21(27)28)19(25)18-15(17)8-13(10-23-18)7-12-3-5-14(22)6-4-12/h3-6,8-11,25H,7H2,1-2H3,(H,24,26)(H,27,28). The summed E-state index contributed by atoms with van der Waals surface area (Å²) in [5, 5.41) is 22.8. The number of aromatic hydroxyl groups is 1. The van der Waals surface area contributed by atoms with Gasteiger partial charge in [0.1, 0.15) is 16.9 Å². The molecule has 0 saturated carbocycles. The minimum absolute atomic E-state index is 0.0850. The molecule has 0 spiro atoms. The Balaban J connectivity index is 2.11. The molecule has 0 atom stereocenters. The number of carbonyl (C=O) groups is 2. The number of aromatic carboxylic acids is 1. The first-order chi connectivity index (χ1) is 13.3. The van der Waals surface area contributed by atoms with Gasteiger partial charge < -0.3 is 15.5 Å². The van der Waals surface area contributed by atoms with E-state index in [0.717, 1.165) is 11.1 Å². The largest absolute Gasteiger partial charge is 0.505 e. The van der Waals surface area contributed by atoms with Gasteiger partial charge in [0.2, 0.25) is 5.91 Å². The summed E-state index contributed by atoms with van der Waals surface area (Å²) in [7, 11) is 0. The van der Waals surface area contributed by atoms with Crippen LogP contribution in [0.15, 0.2) is 42.6 Å². The average molecular weight is 382 g/mol. The number of anilines is 1. The second-order valence-electron chi connectivity index (χ2n) is 6.81. The maximum atomic E-state index is 13.1. The molecule has 0 radical (unpaired) electrons. The number of fused-ring (bicyclic) bond motifs is 1. The van der Waals surface area contributed by atoms with Crippen molar-refractivity contribution in [1.29, 1.82) is 0 Å². The lowest BCUT2D eigenvalue weighted by atomic mass is 10.0. The lowest BCUT2D eigenvalue weighted by molar-refractivity contribution is -0.118. The molecule has 1 heterocycles. The number of hydrogen-bond donors (Lipinski definition) is 3. The Morgan fingerprint density at radius 3 is 2.43 bits per heavy atom. The van der Waals surface area contributed by atoms with E-state index in [1.807, 2.05) is 0 Å². The zero-order chi connectivity index (χ0) is 20.4. The van der Waals surface area contributed by atoms with Gasteiger partial charge >= 0.3 is 5.97 Å². The van der Waals surface area contributed by atoms with E-state index in [9.17, 15) is 24.2 Å². The number of benzene rings is 2. The molecule has 2 aromatic carbocycles. The van der Waals surface area contributed by atoms with Crippen LogP contribution in [0.1, 0.15) is 35.3 Å². The van der Waals surface area contributed by atoms with Gasteiger partial charge in [0, 0.05) is 17.5 Å². The van der Waals surface area contributed by atoms with Crippen molar-refractivity contribution < 1.29 is 24.2 Å². The third-order valence-corrected chi connectivity index (χ3v) is 4.34. The van der Waals surface area contributed by atoms with Crippen molar-refractivity contribution in [1.82, 2.24) is 4.98 Å². The highest BCUT2D eigenvalue weighted by Gasteiger charge is 2.20. The van der Waals surface area contributed by atoms with Gasteiger partial charge in [-0.15, -0.1) is 0 Å². The van der Waals surface area contributed by atoms with Crippen LogP contribution in [-0.2, 0) is 11.2 Å². The van der Waals surface area contributed by atoms with E-state index in [1.165, 1.54) is 24.4 Å². The second kappa shape index (κ2) is 7.64. The van der Waals surface area contributed by atoms with Crippen LogP contribution in [0.25, 0.3) is 10.9 Å². The summed E-state index contributed by atoms with van der Waals surface area (Å²) in [6, 6.07) is 9.00. The molecule has 144 valence electrons. The molecule has 3 aromatic rings. The van der Waals surface area contributed by atoms with E-state index in [0.29, 0.717) is 11.8 Å². The number of amides is 1. The molecule has 6 nitrogen and oxygen atoms in total. The molecule has 0 unspecified atom stereocenters. The molecule has 7 heteroatoms. The van der Waals surface area contributed by atoms with Gasteiger partial charge in [-0.2, -0.15) is 0 Å². The summed E-state index contributed by atoms with van der Waals surface area (Å²) in [6.07, 6.45) is 1.98. The van der Waals surface area contributed by atoms with Crippen LogP contribution in [0, 0.1) is 11.7 Å². The molecular weight excluding hydrogens is 363 g/mol.